The molecule has 0 fully saturated rings. The van der Waals surface area contributed by atoms with Gasteiger partial charge in [-0.05, 0) is 42.6 Å². The number of nitrogens with one attached hydrogen (secondary N) is 1. The molecule has 50 heavy (non-hydrogen) atoms. The third-order valence-electron chi connectivity index (χ3n) is 9.31. The van der Waals surface area contributed by atoms with E-state index < -0.39 is 78.4 Å². The highest BCUT2D eigenvalue weighted by atomic mass is 16.5. The monoisotopic (exact) mass is 699 g/mol. The molecule has 1 aliphatic rings. The van der Waals surface area contributed by atoms with Crippen LogP contribution in [0.5, 0.6) is 0 Å². The summed E-state index contributed by atoms with van der Waals surface area (Å²) in [6, 6.07) is 4.40. The molecule has 1 unspecified atom stereocenters. The van der Waals surface area contributed by atoms with Gasteiger partial charge in [0.1, 0.15) is 18.4 Å². The molecule has 1 aliphatic heterocycles. The molecule has 1 aromatic carbocycles. The molecule has 1 heterocycles. The van der Waals surface area contributed by atoms with Crippen molar-refractivity contribution < 1.29 is 38.9 Å². The Labute approximate surface area is 295 Å². The number of carboxylic acids is 1. The number of aliphatic hydroxyl groups is 1. The summed E-state index contributed by atoms with van der Waals surface area (Å²) in [5, 5.41) is 23.4. The topological polar surface area (TPSA) is 251 Å². The standard InChI is InChI=1S/C37H57N5O8/c1-7-21(6)33(41)35(46)32-30(17-38)50-18-24(31(32)34(45)23(20(4)5)15-29(44)25(39)13-19(2)3)28(43)16-27(37(48)49)42-36(47)26(40)14-22-11-9-8-10-12-22/h8-12,19-21,23,25-27,29,33,44H,7,13-18,38-41H2,1-6H3,(H,42,47)(H,48,49)/t21-,23?,25-,26-,27-,29-,33-/m0/s1. The zero-order valence-electron chi connectivity index (χ0n) is 30.2. The van der Waals surface area contributed by atoms with Crippen LogP contribution in [0.25, 0.3) is 0 Å². The molecule has 0 bridgehead atoms. The number of Topliss-reactive ketones (excluding diaryl/α,β-unsaturated/α-hetero) is 3. The van der Waals surface area contributed by atoms with Gasteiger partial charge >= 0.3 is 5.97 Å². The van der Waals surface area contributed by atoms with Crippen molar-refractivity contribution in [3.63, 3.8) is 0 Å². The Bertz CT molecular complexity index is 1420. The van der Waals surface area contributed by atoms with Gasteiger partial charge in [-0.1, -0.05) is 78.3 Å². The number of rotatable bonds is 21. The van der Waals surface area contributed by atoms with E-state index in [0.717, 1.165) is 5.56 Å². The maximum absolute atomic E-state index is 14.6. The minimum absolute atomic E-state index is 0.0248. The van der Waals surface area contributed by atoms with Crippen molar-refractivity contribution >= 4 is 29.2 Å². The van der Waals surface area contributed by atoms with Gasteiger partial charge in [0, 0.05) is 29.5 Å². The number of hydrogen-bond donors (Lipinski definition) is 7. The van der Waals surface area contributed by atoms with E-state index in [-0.39, 0.29) is 59.6 Å². The molecule has 7 atom stereocenters. The molecule has 0 aromatic heterocycles. The fourth-order valence-corrected chi connectivity index (χ4v) is 5.94. The van der Waals surface area contributed by atoms with E-state index in [0.29, 0.717) is 12.8 Å². The largest absolute Gasteiger partial charge is 0.491 e. The minimum atomic E-state index is -1.71. The second-order valence-corrected chi connectivity index (χ2v) is 14.1. The number of benzene rings is 1. The van der Waals surface area contributed by atoms with Gasteiger partial charge in [0.15, 0.2) is 17.3 Å². The van der Waals surface area contributed by atoms with Crippen molar-refractivity contribution in [1.82, 2.24) is 5.32 Å². The molecule has 2 rings (SSSR count). The fraction of sp³-hybridized carbons (Fsp3) is 0.595. The van der Waals surface area contributed by atoms with Gasteiger partial charge in [0.2, 0.25) is 5.91 Å². The molecule has 13 heteroatoms. The second kappa shape index (κ2) is 19.6. The van der Waals surface area contributed by atoms with E-state index in [2.05, 4.69) is 5.32 Å². The van der Waals surface area contributed by atoms with Gasteiger partial charge in [-0.2, -0.15) is 0 Å². The number of carboxylic acid groups (broad SMARTS) is 1. The van der Waals surface area contributed by atoms with Gasteiger partial charge in [-0.25, -0.2) is 4.79 Å². The van der Waals surface area contributed by atoms with E-state index in [1.165, 1.54) is 0 Å². The third-order valence-corrected chi connectivity index (χ3v) is 9.31. The van der Waals surface area contributed by atoms with Gasteiger partial charge in [-0.3, -0.25) is 19.2 Å². The molecule has 1 aromatic rings. The lowest BCUT2D eigenvalue weighted by atomic mass is 9.75. The van der Waals surface area contributed by atoms with Gasteiger partial charge < -0.3 is 43.2 Å². The molecule has 0 saturated carbocycles. The van der Waals surface area contributed by atoms with E-state index in [4.69, 9.17) is 27.7 Å². The predicted molar refractivity (Wildman–Crippen MR) is 190 cm³/mol. The highest BCUT2D eigenvalue weighted by Gasteiger charge is 2.41. The number of ether oxygens (including phenoxy) is 1. The lowest BCUT2D eigenvalue weighted by molar-refractivity contribution is -0.143. The van der Waals surface area contributed by atoms with Crippen LogP contribution in [-0.2, 0) is 35.1 Å². The van der Waals surface area contributed by atoms with E-state index in [1.807, 2.05) is 20.8 Å². The highest BCUT2D eigenvalue weighted by molar-refractivity contribution is 6.20. The van der Waals surface area contributed by atoms with Crippen molar-refractivity contribution in [2.45, 2.75) is 104 Å². The average Bonchev–Trinajstić information content (AvgIpc) is 3.07. The molecular weight excluding hydrogens is 642 g/mol. The maximum Gasteiger partial charge on any atom is 0.326 e. The van der Waals surface area contributed by atoms with Crippen molar-refractivity contribution in [2.24, 2.45) is 46.6 Å². The van der Waals surface area contributed by atoms with E-state index >= 15 is 0 Å². The highest BCUT2D eigenvalue weighted by Crippen LogP contribution is 2.35. The number of carbonyl (C=O) groups is 5. The van der Waals surface area contributed by atoms with Crippen LogP contribution >= 0.6 is 0 Å². The van der Waals surface area contributed by atoms with Crippen LogP contribution < -0.4 is 28.3 Å². The summed E-state index contributed by atoms with van der Waals surface area (Å²) in [7, 11) is 0. The van der Waals surface area contributed by atoms with Crippen LogP contribution in [0.1, 0.15) is 72.8 Å². The number of carbonyl (C=O) groups excluding carboxylic acids is 4. The second-order valence-electron chi connectivity index (χ2n) is 14.1. The Morgan fingerprint density at radius 2 is 1.54 bits per heavy atom. The van der Waals surface area contributed by atoms with Crippen LogP contribution in [0.4, 0.5) is 0 Å². The Hall–Kier alpha value is -3.75. The predicted octanol–water partition coefficient (Wildman–Crippen LogP) is 1.53. The van der Waals surface area contributed by atoms with Gasteiger partial charge in [-0.15, -0.1) is 0 Å². The molecule has 0 radical (unpaired) electrons. The first-order chi connectivity index (χ1) is 23.4. The number of hydrogen-bond acceptors (Lipinski definition) is 11. The molecule has 13 nitrogen and oxygen atoms in total. The van der Waals surface area contributed by atoms with Crippen LogP contribution in [0.3, 0.4) is 0 Å². The van der Waals surface area contributed by atoms with Crippen molar-refractivity contribution in [1.29, 1.82) is 0 Å². The zero-order valence-corrected chi connectivity index (χ0v) is 30.2. The Kier molecular flexibility index (Phi) is 16.6. The SMILES string of the molecule is CC[C@H](C)[C@H](N)C(=O)C1=C(CN)OCC(C(=O)C[C@H](NC(=O)[C@@H](N)Cc2ccccc2)C(=O)O)=C1C(=O)C(C[C@H](O)[C@@H](N)CC(C)C)C(C)C. The molecule has 0 spiro atoms. The summed E-state index contributed by atoms with van der Waals surface area (Å²) in [5.41, 5.74) is 24.7. The summed E-state index contributed by atoms with van der Waals surface area (Å²) in [5.74, 6) is -5.80. The summed E-state index contributed by atoms with van der Waals surface area (Å²) in [6.07, 6.45) is -0.719. The Morgan fingerprint density at radius 3 is 2.06 bits per heavy atom. The molecule has 0 aliphatic carbocycles. The van der Waals surface area contributed by atoms with E-state index in [1.54, 1.807) is 51.1 Å². The summed E-state index contributed by atoms with van der Waals surface area (Å²) in [4.78, 5) is 68.0. The zero-order chi connectivity index (χ0) is 37.9. The normalized spacial score (nSPS) is 17.8. The molecule has 0 saturated heterocycles. The van der Waals surface area contributed by atoms with Crippen LogP contribution in [0, 0.1) is 23.7 Å². The summed E-state index contributed by atoms with van der Waals surface area (Å²) >= 11 is 0. The number of amides is 1. The number of nitrogens with two attached hydrogens (primary N) is 4. The smallest absolute Gasteiger partial charge is 0.326 e. The lowest BCUT2D eigenvalue weighted by Gasteiger charge is -2.32. The number of aliphatic carboxylic acids is 1. The summed E-state index contributed by atoms with van der Waals surface area (Å²) < 4.78 is 5.79. The first kappa shape index (κ1) is 42.4. The first-order valence-corrected chi connectivity index (χ1v) is 17.4. The van der Waals surface area contributed by atoms with Crippen molar-refractivity contribution in [2.75, 3.05) is 13.2 Å². The maximum atomic E-state index is 14.6. The Morgan fingerprint density at radius 1 is 0.920 bits per heavy atom. The van der Waals surface area contributed by atoms with Crippen molar-refractivity contribution in [3.05, 3.63) is 58.4 Å². The molecule has 1 amide bonds. The lowest BCUT2D eigenvalue weighted by Crippen LogP contribution is -2.50. The van der Waals surface area contributed by atoms with Crippen LogP contribution in [0.15, 0.2) is 52.8 Å². The third kappa shape index (κ3) is 11.4. The quantitative estimate of drug-likeness (QED) is 0.0965. The minimum Gasteiger partial charge on any atom is -0.491 e. The average molecular weight is 700 g/mol. The molecule has 11 N–H and O–H groups in total. The first-order valence-electron chi connectivity index (χ1n) is 17.4. The van der Waals surface area contributed by atoms with Gasteiger partial charge in [0.25, 0.3) is 0 Å². The van der Waals surface area contributed by atoms with E-state index in [9.17, 15) is 34.2 Å². The number of ketones is 3. The number of allylic oxidation sites excluding steroid dienone is 1. The molecule has 278 valence electrons. The molecular formula is C37H57N5O8. The van der Waals surface area contributed by atoms with Crippen LogP contribution in [0.2, 0.25) is 0 Å². The fourth-order valence-electron chi connectivity index (χ4n) is 5.94. The Balaban J connectivity index is 2.62. The summed E-state index contributed by atoms with van der Waals surface area (Å²) in [6.45, 7) is 10.3. The number of aliphatic hydroxyl groups excluding tert-OH is 1. The van der Waals surface area contributed by atoms with Gasteiger partial charge in [0.05, 0.1) is 30.3 Å². The van der Waals surface area contributed by atoms with Crippen LogP contribution in [-0.4, -0.2) is 82.9 Å². The van der Waals surface area contributed by atoms with Crippen molar-refractivity contribution in [3.8, 4) is 0 Å².